The van der Waals surface area contributed by atoms with Crippen molar-refractivity contribution in [1.82, 2.24) is 16.0 Å². The van der Waals surface area contributed by atoms with Crippen molar-refractivity contribution in [3.05, 3.63) is 35.6 Å². The van der Waals surface area contributed by atoms with E-state index in [0.29, 0.717) is 12.0 Å². The molecule has 2 aliphatic heterocycles. The van der Waals surface area contributed by atoms with Crippen molar-refractivity contribution in [3.8, 4) is 0 Å². The molecule has 0 aromatic heterocycles. The maximum Gasteiger partial charge on any atom is 0.0639 e. The van der Waals surface area contributed by atoms with Crippen molar-refractivity contribution in [2.24, 2.45) is 5.92 Å². The van der Waals surface area contributed by atoms with Gasteiger partial charge in [0.15, 0.2) is 0 Å². The van der Waals surface area contributed by atoms with Crippen molar-refractivity contribution in [1.29, 1.82) is 0 Å². The van der Waals surface area contributed by atoms with E-state index in [1.807, 2.05) is 13.2 Å². The number of ether oxygens (including phenoxy) is 1. The predicted molar refractivity (Wildman–Crippen MR) is 83.6 cm³/mol. The molecular weight excluding hydrogens is 250 g/mol. The molecule has 2 rings (SSSR count). The molecule has 20 heavy (non-hydrogen) atoms. The number of rotatable bonds is 2. The highest BCUT2D eigenvalue weighted by Gasteiger charge is 2.22. The largest absolute Gasteiger partial charge is 0.389 e. The van der Waals surface area contributed by atoms with Crippen LogP contribution in [0, 0.1) is 5.92 Å². The van der Waals surface area contributed by atoms with Gasteiger partial charge in [-0.1, -0.05) is 24.6 Å². The molecule has 4 heteroatoms. The minimum absolute atomic E-state index is 0.486. The van der Waals surface area contributed by atoms with Gasteiger partial charge in [0.25, 0.3) is 0 Å². The van der Waals surface area contributed by atoms with Gasteiger partial charge in [0.05, 0.1) is 13.2 Å². The van der Waals surface area contributed by atoms with Crippen LogP contribution in [0.4, 0.5) is 0 Å². The summed E-state index contributed by atoms with van der Waals surface area (Å²) in [5.74, 6) is 0.486. The molecule has 0 aliphatic carbocycles. The molecular formula is C16H27N3O. The van der Waals surface area contributed by atoms with Gasteiger partial charge < -0.3 is 20.7 Å². The van der Waals surface area contributed by atoms with E-state index in [4.69, 9.17) is 4.74 Å². The van der Waals surface area contributed by atoms with Crippen molar-refractivity contribution < 1.29 is 4.74 Å². The molecule has 2 aliphatic rings. The Morgan fingerprint density at radius 1 is 1.40 bits per heavy atom. The SMILES string of the molecule is CNCC1CC2=C(/C=C\C=C\NCCOCC2C)CN1. The number of allylic oxidation sites excluding steroid dienone is 2. The monoisotopic (exact) mass is 277 g/mol. The second-order valence-corrected chi connectivity index (χ2v) is 5.54. The van der Waals surface area contributed by atoms with E-state index in [1.54, 1.807) is 5.57 Å². The van der Waals surface area contributed by atoms with E-state index in [-0.39, 0.29) is 0 Å². The summed E-state index contributed by atoms with van der Waals surface area (Å²) in [6.07, 6.45) is 9.49. The third kappa shape index (κ3) is 4.47. The first-order valence-electron chi connectivity index (χ1n) is 7.55. The summed E-state index contributed by atoms with van der Waals surface area (Å²) in [5.41, 5.74) is 2.96. The van der Waals surface area contributed by atoms with E-state index in [1.165, 1.54) is 5.57 Å². The lowest BCUT2D eigenvalue weighted by Crippen LogP contribution is -2.42. The summed E-state index contributed by atoms with van der Waals surface area (Å²) in [7, 11) is 2.01. The smallest absolute Gasteiger partial charge is 0.0639 e. The van der Waals surface area contributed by atoms with Crippen LogP contribution >= 0.6 is 0 Å². The standard InChI is InChI=1S/C16H27N3O/c1-13-12-20-8-7-18-6-4-3-5-14-10-19-15(11-17-2)9-16(13)14/h3-6,13,15,17-19H,7-12H2,1-2H3/b5-3-,6-4+. The topological polar surface area (TPSA) is 45.3 Å². The first kappa shape index (κ1) is 15.3. The third-order valence-electron chi connectivity index (χ3n) is 3.89. The van der Waals surface area contributed by atoms with Gasteiger partial charge in [-0.05, 0) is 31.3 Å². The van der Waals surface area contributed by atoms with Crippen LogP contribution in [0.25, 0.3) is 0 Å². The fourth-order valence-corrected chi connectivity index (χ4v) is 2.78. The molecule has 0 saturated carbocycles. The Bertz CT molecular complexity index is 387. The molecule has 0 bridgehead atoms. The van der Waals surface area contributed by atoms with Crippen LogP contribution in [-0.4, -0.2) is 45.9 Å². The van der Waals surface area contributed by atoms with E-state index < -0.39 is 0 Å². The lowest BCUT2D eigenvalue weighted by molar-refractivity contribution is 0.116. The Kier molecular flexibility index (Phi) is 6.30. The van der Waals surface area contributed by atoms with Gasteiger partial charge in [-0.3, -0.25) is 0 Å². The van der Waals surface area contributed by atoms with E-state index >= 15 is 0 Å². The first-order valence-corrected chi connectivity index (χ1v) is 7.55. The van der Waals surface area contributed by atoms with Crippen LogP contribution in [0.15, 0.2) is 35.6 Å². The molecule has 0 spiro atoms. The Labute approximate surface area is 122 Å². The Morgan fingerprint density at radius 2 is 2.30 bits per heavy atom. The zero-order chi connectivity index (χ0) is 14.2. The highest BCUT2D eigenvalue weighted by Crippen LogP contribution is 2.25. The molecule has 0 saturated heterocycles. The van der Waals surface area contributed by atoms with Crippen molar-refractivity contribution in [2.75, 3.05) is 39.9 Å². The number of hydrogen-bond acceptors (Lipinski definition) is 4. The maximum atomic E-state index is 5.77. The highest BCUT2D eigenvalue weighted by atomic mass is 16.5. The lowest BCUT2D eigenvalue weighted by Gasteiger charge is -2.31. The average molecular weight is 277 g/mol. The maximum absolute atomic E-state index is 5.77. The van der Waals surface area contributed by atoms with Gasteiger partial charge in [-0.15, -0.1) is 0 Å². The quantitative estimate of drug-likeness (QED) is 0.709. The molecule has 2 heterocycles. The second-order valence-electron chi connectivity index (χ2n) is 5.54. The van der Waals surface area contributed by atoms with Gasteiger partial charge in [0.2, 0.25) is 0 Å². The van der Waals surface area contributed by atoms with Crippen molar-refractivity contribution in [2.45, 2.75) is 19.4 Å². The number of nitrogens with one attached hydrogen (secondary N) is 3. The average Bonchev–Trinajstić information content (AvgIpc) is 2.45. The molecule has 0 aromatic carbocycles. The number of likely N-dealkylation sites (N-methyl/N-ethyl adjacent to an activating group) is 1. The fourth-order valence-electron chi connectivity index (χ4n) is 2.78. The summed E-state index contributed by atoms with van der Waals surface area (Å²) < 4.78 is 5.77. The predicted octanol–water partition coefficient (Wildman–Crippen LogP) is 1.19. The fraction of sp³-hybridized carbons (Fsp3) is 0.625. The summed E-state index contributed by atoms with van der Waals surface area (Å²) in [4.78, 5) is 0. The summed E-state index contributed by atoms with van der Waals surface area (Å²) in [5, 5.41) is 10.1. The molecule has 2 unspecified atom stereocenters. The van der Waals surface area contributed by atoms with Gasteiger partial charge in [0, 0.05) is 31.6 Å². The van der Waals surface area contributed by atoms with Crippen LogP contribution in [0.2, 0.25) is 0 Å². The molecule has 0 aromatic rings. The molecule has 0 radical (unpaired) electrons. The van der Waals surface area contributed by atoms with E-state index in [9.17, 15) is 0 Å². The molecule has 112 valence electrons. The highest BCUT2D eigenvalue weighted by molar-refractivity contribution is 5.33. The van der Waals surface area contributed by atoms with Crippen LogP contribution in [0.1, 0.15) is 13.3 Å². The van der Waals surface area contributed by atoms with Crippen LogP contribution in [-0.2, 0) is 4.74 Å². The molecule has 0 amide bonds. The van der Waals surface area contributed by atoms with Gasteiger partial charge in [0.1, 0.15) is 0 Å². The van der Waals surface area contributed by atoms with Crippen molar-refractivity contribution >= 4 is 0 Å². The Morgan fingerprint density at radius 3 is 3.15 bits per heavy atom. The van der Waals surface area contributed by atoms with Crippen LogP contribution in [0.5, 0.6) is 0 Å². The van der Waals surface area contributed by atoms with Crippen molar-refractivity contribution in [3.63, 3.8) is 0 Å². The minimum atomic E-state index is 0.486. The second kappa shape index (κ2) is 8.25. The van der Waals surface area contributed by atoms with E-state index in [2.05, 4.69) is 41.1 Å². The zero-order valence-corrected chi connectivity index (χ0v) is 12.6. The van der Waals surface area contributed by atoms with Crippen LogP contribution < -0.4 is 16.0 Å². The first-order chi connectivity index (χ1) is 9.81. The summed E-state index contributed by atoms with van der Waals surface area (Å²) >= 11 is 0. The molecule has 0 fully saturated rings. The normalized spacial score (nSPS) is 31.5. The van der Waals surface area contributed by atoms with Crippen LogP contribution in [0.3, 0.4) is 0 Å². The zero-order valence-electron chi connectivity index (χ0n) is 12.6. The molecule has 4 nitrogen and oxygen atoms in total. The summed E-state index contributed by atoms with van der Waals surface area (Å²) in [6.45, 7) is 6.68. The molecule has 2 atom stereocenters. The Balaban J connectivity index is 2.14. The van der Waals surface area contributed by atoms with Gasteiger partial charge in [-0.2, -0.15) is 0 Å². The minimum Gasteiger partial charge on any atom is -0.389 e. The summed E-state index contributed by atoms with van der Waals surface area (Å²) in [6, 6.07) is 0.528. The number of hydrogen-bond donors (Lipinski definition) is 3. The molecule has 3 N–H and O–H groups in total. The van der Waals surface area contributed by atoms with Gasteiger partial charge in [-0.25, -0.2) is 0 Å². The lowest BCUT2D eigenvalue weighted by atomic mass is 9.87. The van der Waals surface area contributed by atoms with E-state index in [0.717, 1.165) is 39.3 Å². The Hall–Kier alpha value is -1.10. The van der Waals surface area contributed by atoms with Gasteiger partial charge >= 0.3 is 0 Å². The third-order valence-corrected chi connectivity index (χ3v) is 3.89.